The quantitative estimate of drug-likeness (QED) is 0.709. The Morgan fingerprint density at radius 2 is 1.80 bits per heavy atom. The molecule has 110 valence electrons. The first-order valence-electron chi connectivity index (χ1n) is 6.68. The zero-order valence-electron chi connectivity index (χ0n) is 11.8. The predicted octanol–water partition coefficient (Wildman–Crippen LogP) is 1.77. The summed E-state index contributed by atoms with van der Waals surface area (Å²) in [5, 5.41) is 14.6. The molecule has 1 heterocycles. The van der Waals surface area contributed by atoms with E-state index in [0.29, 0.717) is 19.4 Å². The minimum Gasteiger partial charge on any atom is -0.481 e. The molecular weight excluding hydrogens is 258 g/mol. The number of amides is 2. The number of carboxylic acids is 1. The summed E-state index contributed by atoms with van der Waals surface area (Å²) in [6.45, 7) is 4.13. The van der Waals surface area contributed by atoms with Gasteiger partial charge in [0.1, 0.15) is 0 Å². The Morgan fingerprint density at radius 1 is 1.20 bits per heavy atom. The average Bonchev–Trinajstić information content (AvgIpc) is 2.47. The van der Waals surface area contributed by atoms with Crippen molar-refractivity contribution in [3.05, 3.63) is 30.1 Å². The molecule has 6 nitrogen and oxygen atoms in total. The van der Waals surface area contributed by atoms with Crippen LogP contribution in [0.2, 0.25) is 0 Å². The fourth-order valence-corrected chi connectivity index (χ4v) is 1.87. The highest BCUT2D eigenvalue weighted by Crippen LogP contribution is 2.25. The Morgan fingerprint density at radius 3 is 2.30 bits per heavy atom. The monoisotopic (exact) mass is 279 g/mol. The number of aromatic nitrogens is 1. The van der Waals surface area contributed by atoms with Gasteiger partial charge >= 0.3 is 12.0 Å². The minimum atomic E-state index is -0.895. The molecule has 0 aliphatic heterocycles. The second kappa shape index (κ2) is 7.47. The maximum Gasteiger partial charge on any atom is 0.315 e. The molecule has 1 rings (SSSR count). The molecule has 0 atom stereocenters. The summed E-state index contributed by atoms with van der Waals surface area (Å²) in [4.78, 5) is 26.9. The Hall–Kier alpha value is -2.11. The molecule has 20 heavy (non-hydrogen) atoms. The molecule has 0 aromatic carbocycles. The van der Waals surface area contributed by atoms with Crippen molar-refractivity contribution in [1.82, 2.24) is 15.6 Å². The van der Waals surface area contributed by atoms with Crippen molar-refractivity contribution in [1.29, 1.82) is 0 Å². The number of nitrogens with zero attached hydrogens (tertiary/aromatic N) is 1. The molecule has 0 bridgehead atoms. The van der Waals surface area contributed by atoms with Crippen LogP contribution in [0.4, 0.5) is 4.79 Å². The van der Waals surface area contributed by atoms with Gasteiger partial charge in [0, 0.05) is 25.5 Å². The standard InChI is InChI=1S/C14H21N3O3/c1-3-14(4-2,12(18)19)10-17-13(20)16-9-11-5-7-15-8-6-11/h5-8H,3-4,9-10H2,1-2H3,(H,18,19)(H2,16,17,20). The van der Waals surface area contributed by atoms with Crippen LogP contribution >= 0.6 is 0 Å². The summed E-state index contributed by atoms with van der Waals surface area (Å²) in [6, 6.07) is 3.24. The number of rotatable bonds is 7. The van der Waals surface area contributed by atoms with E-state index in [2.05, 4.69) is 15.6 Å². The lowest BCUT2D eigenvalue weighted by molar-refractivity contribution is -0.149. The molecule has 0 aliphatic rings. The Balaban J connectivity index is 2.44. The molecule has 1 aromatic rings. The predicted molar refractivity (Wildman–Crippen MR) is 75.1 cm³/mol. The van der Waals surface area contributed by atoms with Crippen LogP contribution in [0.5, 0.6) is 0 Å². The van der Waals surface area contributed by atoms with Crippen LogP contribution in [0.15, 0.2) is 24.5 Å². The first kappa shape index (κ1) is 15.9. The van der Waals surface area contributed by atoms with E-state index in [0.717, 1.165) is 5.56 Å². The van der Waals surface area contributed by atoms with Crippen molar-refractivity contribution in [2.75, 3.05) is 6.54 Å². The van der Waals surface area contributed by atoms with Gasteiger partial charge in [-0.2, -0.15) is 0 Å². The lowest BCUT2D eigenvalue weighted by Crippen LogP contribution is -2.45. The lowest BCUT2D eigenvalue weighted by atomic mass is 9.82. The van der Waals surface area contributed by atoms with Crippen LogP contribution in [0.3, 0.4) is 0 Å². The van der Waals surface area contributed by atoms with Gasteiger partial charge in [-0.25, -0.2) is 4.79 Å². The van der Waals surface area contributed by atoms with Crippen LogP contribution in [0.1, 0.15) is 32.3 Å². The summed E-state index contributed by atoms with van der Waals surface area (Å²) in [7, 11) is 0. The summed E-state index contributed by atoms with van der Waals surface area (Å²) < 4.78 is 0. The largest absolute Gasteiger partial charge is 0.481 e. The van der Waals surface area contributed by atoms with Crippen molar-refractivity contribution in [2.24, 2.45) is 5.41 Å². The number of carbonyl (C=O) groups excluding carboxylic acids is 1. The third-order valence-electron chi connectivity index (χ3n) is 3.60. The topological polar surface area (TPSA) is 91.3 Å². The number of urea groups is 1. The Labute approximate surface area is 118 Å². The highest BCUT2D eigenvalue weighted by Gasteiger charge is 2.35. The van der Waals surface area contributed by atoms with Gasteiger partial charge in [0.2, 0.25) is 0 Å². The minimum absolute atomic E-state index is 0.123. The number of aliphatic carboxylic acids is 1. The van der Waals surface area contributed by atoms with Gasteiger partial charge < -0.3 is 15.7 Å². The molecule has 0 spiro atoms. The highest BCUT2D eigenvalue weighted by atomic mass is 16.4. The van der Waals surface area contributed by atoms with Gasteiger partial charge in [-0.05, 0) is 30.5 Å². The van der Waals surface area contributed by atoms with Gasteiger partial charge in [-0.15, -0.1) is 0 Å². The van der Waals surface area contributed by atoms with Crippen molar-refractivity contribution in [3.63, 3.8) is 0 Å². The molecule has 6 heteroatoms. The second-order valence-corrected chi connectivity index (χ2v) is 4.68. The Bertz CT molecular complexity index is 444. The third kappa shape index (κ3) is 4.22. The SMILES string of the molecule is CCC(CC)(CNC(=O)NCc1ccncc1)C(=O)O. The molecule has 0 saturated heterocycles. The van der Waals surface area contributed by atoms with Crippen LogP contribution in [0, 0.1) is 5.41 Å². The lowest BCUT2D eigenvalue weighted by Gasteiger charge is -2.26. The first-order chi connectivity index (χ1) is 9.54. The van der Waals surface area contributed by atoms with Crippen molar-refractivity contribution < 1.29 is 14.7 Å². The molecule has 2 amide bonds. The molecule has 0 aliphatic carbocycles. The van der Waals surface area contributed by atoms with E-state index >= 15 is 0 Å². The number of carbonyl (C=O) groups is 2. The number of nitrogens with one attached hydrogen (secondary N) is 2. The fraction of sp³-hybridized carbons (Fsp3) is 0.500. The maximum absolute atomic E-state index is 11.7. The fourth-order valence-electron chi connectivity index (χ4n) is 1.87. The van der Waals surface area contributed by atoms with Crippen molar-refractivity contribution in [2.45, 2.75) is 33.2 Å². The van der Waals surface area contributed by atoms with E-state index < -0.39 is 11.4 Å². The molecule has 0 unspecified atom stereocenters. The van der Waals surface area contributed by atoms with E-state index in [1.165, 1.54) is 0 Å². The number of hydrogen-bond acceptors (Lipinski definition) is 3. The summed E-state index contributed by atoms with van der Waals surface area (Å²) in [5.41, 5.74) is 0.0409. The molecule has 0 saturated carbocycles. The van der Waals surface area contributed by atoms with E-state index in [4.69, 9.17) is 0 Å². The van der Waals surface area contributed by atoms with Crippen LogP contribution in [-0.4, -0.2) is 28.6 Å². The zero-order valence-corrected chi connectivity index (χ0v) is 11.8. The van der Waals surface area contributed by atoms with E-state index in [-0.39, 0.29) is 12.6 Å². The average molecular weight is 279 g/mol. The number of hydrogen-bond donors (Lipinski definition) is 3. The van der Waals surface area contributed by atoms with E-state index in [1.807, 2.05) is 13.8 Å². The van der Waals surface area contributed by atoms with Gasteiger partial charge in [0.05, 0.1) is 5.41 Å². The first-order valence-corrected chi connectivity index (χ1v) is 6.68. The molecule has 0 fully saturated rings. The number of pyridine rings is 1. The van der Waals surface area contributed by atoms with E-state index in [1.54, 1.807) is 24.5 Å². The smallest absolute Gasteiger partial charge is 0.315 e. The van der Waals surface area contributed by atoms with Crippen LogP contribution in [0.25, 0.3) is 0 Å². The zero-order chi connectivity index (χ0) is 15.0. The summed E-state index contributed by atoms with van der Waals surface area (Å²) >= 11 is 0. The Kier molecular flexibility index (Phi) is 5.96. The summed E-state index contributed by atoms with van der Waals surface area (Å²) in [5.74, 6) is -0.878. The number of carboxylic acid groups (broad SMARTS) is 1. The molecular formula is C14H21N3O3. The van der Waals surface area contributed by atoms with Gasteiger partial charge in [0.15, 0.2) is 0 Å². The van der Waals surface area contributed by atoms with Crippen LogP contribution in [-0.2, 0) is 11.3 Å². The third-order valence-corrected chi connectivity index (χ3v) is 3.60. The van der Waals surface area contributed by atoms with Gasteiger partial charge in [0.25, 0.3) is 0 Å². The molecule has 1 aromatic heterocycles. The summed E-state index contributed by atoms with van der Waals surface area (Å²) in [6.07, 6.45) is 4.25. The van der Waals surface area contributed by atoms with Crippen LogP contribution < -0.4 is 10.6 Å². The second-order valence-electron chi connectivity index (χ2n) is 4.68. The molecule has 3 N–H and O–H groups in total. The normalized spacial score (nSPS) is 10.9. The van der Waals surface area contributed by atoms with Gasteiger partial charge in [-0.3, -0.25) is 9.78 Å². The molecule has 0 radical (unpaired) electrons. The highest BCUT2D eigenvalue weighted by molar-refractivity contribution is 5.78. The maximum atomic E-state index is 11.7. The van der Waals surface area contributed by atoms with Crippen molar-refractivity contribution in [3.8, 4) is 0 Å². The van der Waals surface area contributed by atoms with E-state index in [9.17, 15) is 14.7 Å². The van der Waals surface area contributed by atoms with Gasteiger partial charge in [-0.1, -0.05) is 13.8 Å². The van der Waals surface area contributed by atoms with Crippen molar-refractivity contribution >= 4 is 12.0 Å².